The molecule has 22 heteroatoms. The average Bonchev–Trinajstić information content (AvgIpc) is 0.854. The fourth-order valence-corrected chi connectivity index (χ4v) is 9.76. The molecule has 0 fully saturated rings. The molecule has 0 spiro atoms. The minimum Gasteiger partial charge on any atom is -0.872 e. The van der Waals surface area contributed by atoms with Crippen LogP contribution >= 0.6 is 0 Å². The Balaban J connectivity index is 0.000000189. The second-order valence-electron chi connectivity index (χ2n) is 22.7. The first-order valence-electron chi connectivity index (χ1n) is 32.0. The molecule has 9 aromatic carbocycles. The summed E-state index contributed by atoms with van der Waals surface area (Å²) in [5, 5.41) is 89.6. The SMILES string of the molecule is Cc1ccc2cccc(C(=O)O)c2n1.Cc1ccc2cccc(C(=O)O)c2n1.Cc1ccc2cccc(C(=O)O)c2n1.Cc1ccc2cccc(C(=O)O)c2n1.Cc1ccc2cccc(C(=O)O)c2n1.Cc1ccc2cccc(C(=O)O)c2n1.[Al+3].[O-]c1ccccc1.[O-]c1ccccc1.[O-]c1ccccc1. The van der Waals surface area contributed by atoms with Crippen LogP contribution in [-0.2, 0) is 0 Å². The van der Waals surface area contributed by atoms with Gasteiger partial charge in [0.25, 0.3) is 0 Å². The molecule has 0 saturated heterocycles. The minimum atomic E-state index is -0.936. The number of aromatic carboxylic acids is 6. The van der Waals surface area contributed by atoms with E-state index in [4.69, 9.17) is 30.6 Å². The van der Waals surface area contributed by atoms with E-state index in [1.807, 2.05) is 169 Å². The summed E-state index contributed by atoms with van der Waals surface area (Å²) < 4.78 is 0. The van der Waals surface area contributed by atoms with Crippen molar-refractivity contribution < 1.29 is 74.7 Å². The fourth-order valence-electron chi connectivity index (χ4n) is 9.76. The molecule has 0 aliphatic carbocycles. The summed E-state index contributed by atoms with van der Waals surface area (Å²) >= 11 is 0. The molecule has 15 aromatic rings. The van der Waals surface area contributed by atoms with Crippen LogP contribution in [0.3, 0.4) is 0 Å². The first-order chi connectivity index (χ1) is 50.3. The van der Waals surface area contributed by atoms with Gasteiger partial charge in [-0.15, -0.1) is 17.2 Å². The summed E-state index contributed by atoms with van der Waals surface area (Å²) in [6, 6.07) is 78.3. The van der Waals surface area contributed by atoms with Gasteiger partial charge in [-0.2, -0.15) is 0 Å². The Morgan fingerprint density at radius 2 is 0.349 bits per heavy atom. The third kappa shape index (κ3) is 24.2. The molecule has 6 N–H and O–H groups in total. The Bertz CT molecular complexity index is 4720. The van der Waals surface area contributed by atoms with Gasteiger partial charge in [0.05, 0.1) is 66.5 Å². The largest absolute Gasteiger partial charge is 3.00 e. The molecule has 0 saturated carbocycles. The number of benzene rings is 9. The normalized spacial score (nSPS) is 9.91. The van der Waals surface area contributed by atoms with Gasteiger partial charge in [-0.25, -0.2) is 28.8 Å². The number of carboxylic acid groups (broad SMARTS) is 6. The Kier molecular flexibility index (Phi) is 30.6. The molecule has 528 valence electrons. The van der Waals surface area contributed by atoms with E-state index in [0.717, 1.165) is 66.5 Å². The predicted octanol–water partition coefficient (Wildman–Crippen LogP) is 15.3. The Hall–Kier alpha value is -13.8. The van der Waals surface area contributed by atoms with Crippen molar-refractivity contribution in [3.8, 4) is 17.2 Å². The van der Waals surface area contributed by atoms with Crippen molar-refractivity contribution >= 4 is 119 Å². The molecule has 6 aromatic heterocycles. The van der Waals surface area contributed by atoms with E-state index < -0.39 is 35.8 Å². The number of rotatable bonds is 6. The maximum atomic E-state index is 10.9. The number of pyridine rings is 6. The van der Waals surface area contributed by atoms with Crippen molar-refractivity contribution in [3.05, 3.63) is 341 Å². The van der Waals surface area contributed by atoms with Crippen LogP contribution in [0.4, 0.5) is 0 Å². The van der Waals surface area contributed by atoms with Crippen LogP contribution in [0.2, 0.25) is 0 Å². The van der Waals surface area contributed by atoms with Crippen LogP contribution in [0.25, 0.3) is 65.4 Å². The van der Waals surface area contributed by atoms with Crippen LogP contribution in [0.15, 0.2) is 273 Å². The van der Waals surface area contributed by atoms with Crippen molar-refractivity contribution in [1.82, 2.24) is 29.9 Å². The number of fused-ring (bicyclic) bond motifs is 6. The van der Waals surface area contributed by atoms with Gasteiger partial charge < -0.3 is 46.0 Å². The molecule has 15 rings (SSSR count). The molecule has 6 heterocycles. The monoisotopic (exact) mass is 1430 g/mol. The fraction of sp³-hybridized carbons (Fsp3) is 0.0714. The zero-order valence-corrected chi connectivity index (χ0v) is 59.3. The van der Waals surface area contributed by atoms with Crippen LogP contribution in [-0.4, -0.2) is 114 Å². The van der Waals surface area contributed by atoms with Gasteiger partial charge in [0.2, 0.25) is 0 Å². The molecule has 106 heavy (non-hydrogen) atoms. The summed E-state index contributed by atoms with van der Waals surface area (Å²) in [7, 11) is 0. The van der Waals surface area contributed by atoms with Crippen molar-refractivity contribution in [2.24, 2.45) is 0 Å². The van der Waals surface area contributed by atoms with Gasteiger partial charge in [-0.05, 0) is 114 Å². The molecule has 0 bridgehead atoms. The van der Waals surface area contributed by atoms with E-state index in [0.29, 0.717) is 33.1 Å². The number of aryl methyl sites for hydroxylation is 6. The van der Waals surface area contributed by atoms with E-state index in [-0.39, 0.29) is 68.0 Å². The Morgan fingerprint density at radius 1 is 0.208 bits per heavy atom. The van der Waals surface area contributed by atoms with E-state index in [2.05, 4.69) is 29.9 Å². The van der Waals surface area contributed by atoms with Crippen LogP contribution < -0.4 is 15.3 Å². The smallest absolute Gasteiger partial charge is 0.872 e. The van der Waals surface area contributed by atoms with Crippen LogP contribution in [0.5, 0.6) is 17.2 Å². The molecule has 0 amide bonds. The van der Waals surface area contributed by atoms with E-state index in [1.165, 1.54) is 36.4 Å². The second kappa shape index (κ2) is 40.0. The van der Waals surface area contributed by atoms with Crippen LogP contribution in [0, 0.1) is 41.5 Å². The number of hydrogen-bond donors (Lipinski definition) is 6. The number of para-hydroxylation sites is 9. The van der Waals surface area contributed by atoms with Crippen molar-refractivity contribution in [2.75, 3.05) is 0 Å². The van der Waals surface area contributed by atoms with Crippen molar-refractivity contribution in [3.63, 3.8) is 0 Å². The standard InChI is InChI=1S/6C11H9NO2.3C6H6O.Al/c6*1-7-5-6-8-3-2-4-9(11(13)14)10(8)12-7;3*7-6-4-2-1-3-5-6;/h6*2-6H,1H3,(H,13,14);3*1-5,7H;/q;;;;;;;;;+3/p-3. The molecule has 0 aliphatic rings. The van der Waals surface area contributed by atoms with Crippen molar-refractivity contribution in [1.29, 1.82) is 0 Å². The summed E-state index contributed by atoms with van der Waals surface area (Å²) in [4.78, 5) is 90.6. The molecule has 0 radical (unpaired) electrons. The van der Waals surface area contributed by atoms with E-state index in [1.54, 1.807) is 109 Å². The summed E-state index contributed by atoms with van der Waals surface area (Å²) in [6.07, 6.45) is 0. The quantitative estimate of drug-likeness (QED) is 0.0842. The third-order valence-electron chi connectivity index (χ3n) is 14.8. The third-order valence-corrected chi connectivity index (χ3v) is 14.8. The van der Waals surface area contributed by atoms with E-state index >= 15 is 0 Å². The zero-order chi connectivity index (χ0) is 76.1. The van der Waals surface area contributed by atoms with Gasteiger partial charge in [-0.3, -0.25) is 29.9 Å². The van der Waals surface area contributed by atoms with Crippen LogP contribution in [0.1, 0.15) is 96.3 Å². The van der Waals surface area contributed by atoms with Gasteiger partial charge in [-0.1, -0.05) is 200 Å². The zero-order valence-electron chi connectivity index (χ0n) is 58.1. The van der Waals surface area contributed by atoms with Crippen molar-refractivity contribution in [2.45, 2.75) is 41.5 Å². The summed E-state index contributed by atoms with van der Waals surface area (Å²) in [5.74, 6) is -5.40. The average molecular weight is 1430 g/mol. The molecule has 0 atom stereocenters. The Labute approximate surface area is 619 Å². The van der Waals surface area contributed by atoms with Gasteiger partial charge in [0.1, 0.15) is 0 Å². The topological polar surface area (TPSA) is 370 Å². The van der Waals surface area contributed by atoms with Gasteiger partial charge in [0.15, 0.2) is 0 Å². The molecular weight excluding hydrogens is 1360 g/mol. The van der Waals surface area contributed by atoms with Gasteiger partial charge >= 0.3 is 53.2 Å². The number of hydrogen-bond acceptors (Lipinski definition) is 15. The number of carboxylic acids is 6. The minimum absolute atomic E-state index is 0. The van der Waals surface area contributed by atoms with Gasteiger partial charge in [0, 0.05) is 66.5 Å². The second-order valence-corrected chi connectivity index (χ2v) is 22.7. The summed E-state index contributed by atoms with van der Waals surface area (Å²) in [5.41, 5.74) is 9.82. The Morgan fingerprint density at radius 3 is 0.462 bits per heavy atom. The number of aromatic nitrogens is 6. The van der Waals surface area contributed by atoms with E-state index in [9.17, 15) is 44.1 Å². The molecule has 0 aliphatic heterocycles. The number of nitrogens with zero attached hydrogens (tertiary/aromatic N) is 6. The summed E-state index contributed by atoms with van der Waals surface area (Å²) in [6.45, 7) is 11.1. The molecular formula is C84H69AlN6O15. The first-order valence-corrected chi connectivity index (χ1v) is 32.0. The molecule has 21 nitrogen and oxygen atoms in total. The first kappa shape index (κ1) is 81.2. The molecule has 0 unspecified atom stereocenters. The predicted molar refractivity (Wildman–Crippen MR) is 404 cm³/mol. The maximum Gasteiger partial charge on any atom is 3.00 e. The number of carbonyl (C=O) groups is 6. The maximum absolute atomic E-state index is 10.9.